The normalized spacial score (nSPS) is 11.7. The fourth-order valence-corrected chi connectivity index (χ4v) is 2.92. The smallest absolute Gasteiger partial charge is 0.338 e. The molecule has 0 radical (unpaired) electrons. The summed E-state index contributed by atoms with van der Waals surface area (Å²) >= 11 is 1.40. The topological polar surface area (TPSA) is 111 Å². The minimum atomic E-state index is -1.07. The third-order valence-electron chi connectivity index (χ3n) is 3.54. The Morgan fingerprint density at radius 1 is 1.27 bits per heavy atom. The number of nitro benzene ring substituents is 1. The number of fused-ring (bicyclic) bond motifs is 1. The van der Waals surface area contributed by atoms with Gasteiger partial charge in [0.15, 0.2) is 6.10 Å². The van der Waals surface area contributed by atoms with Gasteiger partial charge in [0.25, 0.3) is 11.6 Å². The van der Waals surface area contributed by atoms with Crippen LogP contribution >= 0.6 is 11.3 Å². The number of rotatable bonds is 5. The molecule has 1 heterocycles. The summed E-state index contributed by atoms with van der Waals surface area (Å²) in [5.74, 6) is -1.22. The van der Waals surface area contributed by atoms with Crippen molar-refractivity contribution in [3.05, 3.63) is 63.7 Å². The van der Waals surface area contributed by atoms with Crippen LogP contribution in [0.25, 0.3) is 10.2 Å². The predicted octanol–water partition coefficient (Wildman–Crippen LogP) is 3.39. The van der Waals surface area contributed by atoms with Gasteiger partial charge in [-0.2, -0.15) is 0 Å². The summed E-state index contributed by atoms with van der Waals surface area (Å²) in [6, 6.07) is 10.4. The van der Waals surface area contributed by atoms with Gasteiger partial charge in [0.1, 0.15) is 0 Å². The highest BCUT2D eigenvalue weighted by Crippen LogP contribution is 2.20. The van der Waals surface area contributed by atoms with Gasteiger partial charge in [-0.3, -0.25) is 14.9 Å². The first-order valence-corrected chi connectivity index (χ1v) is 8.41. The van der Waals surface area contributed by atoms with Crippen LogP contribution in [0.3, 0.4) is 0 Å². The highest BCUT2D eigenvalue weighted by atomic mass is 32.1. The first-order chi connectivity index (χ1) is 12.4. The van der Waals surface area contributed by atoms with Crippen LogP contribution in [0.15, 0.2) is 48.0 Å². The van der Waals surface area contributed by atoms with Gasteiger partial charge in [0, 0.05) is 17.8 Å². The zero-order chi connectivity index (χ0) is 18.7. The van der Waals surface area contributed by atoms with Gasteiger partial charge in [-0.25, -0.2) is 9.78 Å². The Kier molecular flexibility index (Phi) is 4.90. The minimum absolute atomic E-state index is 0.148. The molecule has 1 atom stereocenters. The van der Waals surface area contributed by atoms with E-state index in [4.69, 9.17) is 4.74 Å². The number of anilines is 1. The zero-order valence-electron chi connectivity index (χ0n) is 13.5. The third-order valence-corrected chi connectivity index (χ3v) is 4.34. The molecular weight excluding hydrogens is 358 g/mol. The number of ether oxygens (including phenoxy) is 1. The molecule has 1 amide bonds. The molecule has 9 heteroatoms. The Labute approximate surface area is 151 Å². The third kappa shape index (κ3) is 3.83. The van der Waals surface area contributed by atoms with E-state index in [1.807, 2.05) is 0 Å². The van der Waals surface area contributed by atoms with E-state index >= 15 is 0 Å². The maximum absolute atomic E-state index is 12.2. The molecule has 132 valence electrons. The number of nitro groups is 1. The van der Waals surface area contributed by atoms with Gasteiger partial charge < -0.3 is 10.1 Å². The number of nitrogens with zero attached hydrogens (tertiary/aromatic N) is 2. The van der Waals surface area contributed by atoms with E-state index in [0.29, 0.717) is 5.56 Å². The summed E-state index contributed by atoms with van der Waals surface area (Å²) < 4.78 is 6.01. The summed E-state index contributed by atoms with van der Waals surface area (Å²) in [7, 11) is 0. The average molecular weight is 371 g/mol. The molecule has 0 saturated carbocycles. The lowest BCUT2D eigenvalue weighted by molar-refractivity contribution is -0.384. The molecule has 2 aromatic carbocycles. The van der Waals surface area contributed by atoms with Crippen LogP contribution in [-0.2, 0) is 9.53 Å². The highest BCUT2D eigenvalue weighted by molar-refractivity contribution is 7.16. The molecule has 0 saturated heterocycles. The maximum atomic E-state index is 12.2. The van der Waals surface area contributed by atoms with Gasteiger partial charge in [-0.1, -0.05) is 6.07 Å². The number of benzene rings is 2. The number of amides is 1. The molecule has 1 N–H and O–H groups in total. The number of esters is 1. The van der Waals surface area contributed by atoms with Gasteiger partial charge in [0.2, 0.25) is 0 Å². The van der Waals surface area contributed by atoms with E-state index in [-0.39, 0.29) is 11.4 Å². The van der Waals surface area contributed by atoms with E-state index < -0.39 is 22.9 Å². The quantitative estimate of drug-likeness (QED) is 0.418. The Morgan fingerprint density at radius 2 is 2.08 bits per heavy atom. The Morgan fingerprint density at radius 3 is 2.85 bits per heavy atom. The van der Waals surface area contributed by atoms with Gasteiger partial charge in [-0.05, 0) is 31.2 Å². The number of thiazole rings is 1. The number of carbonyl (C=O) groups excluding carboxylic acids is 2. The van der Waals surface area contributed by atoms with Crippen molar-refractivity contribution in [2.45, 2.75) is 13.0 Å². The number of non-ortho nitro benzene ring substituents is 1. The zero-order valence-corrected chi connectivity index (χ0v) is 14.4. The molecule has 3 aromatic rings. The van der Waals surface area contributed by atoms with Crippen LogP contribution in [-0.4, -0.2) is 27.9 Å². The first-order valence-electron chi connectivity index (χ1n) is 7.53. The van der Waals surface area contributed by atoms with Gasteiger partial charge in [0.05, 0.1) is 26.2 Å². The summed E-state index contributed by atoms with van der Waals surface area (Å²) in [5.41, 5.74) is 2.87. The summed E-state index contributed by atoms with van der Waals surface area (Å²) in [6.45, 7) is 1.43. The molecule has 0 bridgehead atoms. The monoisotopic (exact) mass is 371 g/mol. The SMILES string of the molecule is CC(OC(=O)c1ccc2ncsc2c1)C(=O)Nc1cccc([N+](=O)[O-])c1. The summed E-state index contributed by atoms with van der Waals surface area (Å²) in [4.78, 5) is 38.7. The maximum Gasteiger partial charge on any atom is 0.338 e. The Hall–Kier alpha value is -3.33. The molecule has 1 aromatic heterocycles. The van der Waals surface area contributed by atoms with Crippen molar-refractivity contribution in [2.24, 2.45) is 0 Å². The van der Waals surface area contributed by atoms with Crippen LogP contribution in [0.4, 0.5) is 11.4 Å². The van der Waals surface area contributed by atoms with Crippen molar-refractivity contribution in [1.29, 1.82) is 0 Å². The molecular formula is C17H13N3O5S. The van der Waals surface area contributed by atoms with Crippen molar-refractivity contribution < 1.29 is 19.2 Å². The van der Waals surface area contributed by atoms with Crippen LogP contribution < -0.4 is 5.32 Å². The number of hydrogen-bond acceptors (Lipinski definition) is 7. The van der Waals surface area contributed by atoms with Crippen molar-refractivity contribution in [1.82, 2.24) is 4.98 Å². The number of hydrogen-bond donors (Lipinski definition) is 1. The van der Waals surface area contributed by atoms with Crippen LogP contribution in [0, 0.1) is 10.1 Å². The van der Waals surface area contributed by atoms with E-state index in [2.05, 4.69) is 10.3 Å². The number of nitrogens with one attached hydrogen (secondary N) is 1. The van der Waals surface area contributed by atoms with E-state index in [9.17, 15) is 19.7 Å². The molecule has 1 unspecified atom stereocenters. The van der Waals surface area contributed by atoms with Crippen LogP contribution in [0.2, 0.25) is 0 Å². The lowest BCUT2D eigenvalue weighted by Gasteiger charge is -2.13. The molecule has 8 nitrogen and oxygen atoms in total. The molecule has 0 fully saturated rings. The van der Waals surface area contributed by atoms with Gasteiger partial charge in [-0.15, -0.1) is 11.3 Å². The molecule has 3 rings (SSSR count). The second-order valence-corrected chi connectivity index (χ2v) is 6.27. The summed E-state index contributed by atoms with van der Waals surface area (Å²) in [5, 5.41) is 13.3. The lowest BCUT2D eigenvalue weighted by Crippen LogP contribution is -2.30. The molecule has 0 aliphatic carbocycles. The van der Waals surface area contributed by atoms with E-state index in [1.165, 1.54) is 42.5 Å². The molecule has 0 aliphatic heterocycles. The fourth-order valence-electron chi connectivity index (χ4n) is 2.21. The van der Waals surface area contributed by atoms with Crippen LogP contribution in [0.1, 0.15) is 17.3 Å². The number of carbonyl (C=O) groups is 2. The van der Waals surface area contributed by atoms with Gasteiger partial charge >= 0.3 is 5.97 Å². The first kappa shape index (κ1) is 17.5. The Bertz CT molecular complexity index is 1000. The second-order valence-electron chi connectivity index (χ2n) is 5.38. The standard InChI is InChI=1S/C17H13N3O5S/c1-10(16(21)19-12-3-2-4-13(8-12)20(23)24)25-17(22)11-5-6-14-15(7-11)26-9-18-14/h2-10H,1H3,(H,19,21). The van der Waals surface area contributed by atoms with Crippen molar-refractivity contribution >= 4 is 44.8 Å². The molecule has 0 aliphatic rings. The minimum Gasteiger partial charge on any atom is -0.449 e. The van der Waals surface area contributed by atoms with Crippen molar-refractivity contribution in [3.8, 4) is 0 Å². The summed E-state index contributed by atoms with van der Waals surface area (Å²) in [6.07, 6.45) is -1.07. The van der Waals surface area contributed by atoms with Crippen molar-refractivity contribution in [2.75, 3.05) is 5.32 Å². The highest BCUT2D eigenvalue weighted by Gasteiger charge is 2.20. The number of aromatic nitrogens is 1. The van der Waals surface area contributed by atoms with Crippen molar-refractivity contribution in [3.63, 3.8) is 0 Å². The molecule has 26 heavy (non-hydrogen) atoms. The second kappa shape index (κ2) is 7.28. The van der Waals surface area contributed by atoms with E-state index in [1.54, 1.807) is 23.7 Å². The molecule has 0 spiro atoms. The Balaban J connectivity index is 1.65. The van der Waals surface area contributed by atoms with E-state index in [0.717, 1.165) is 10.2 Å². The fraction of sp³-hybridized carbons (Fsp3) is 0.118. The largest absolute Gasteiger partial charge is 0.449 e. The lowest BCUT2D eigenvalue weighted by atomic mass is 10.2. The predicted molar refractivity (Wildman–Crippen MR) is 96.2 cm³/mol. The average Bonchev–Trinajstić information content (AvgIpc) is 3.09. The van der Waals surface area contributed by atoms with Crippen LogP contribution in [0.5, 0.6) is 0 Å².